The summed E-state index contributed by atoms with van der Waals surface area (Å²) >= 11 is 6.12. The molecular formula is C20H22ClN3. The minimum Gasteiger partial charge on any atom is -0.329 e. The molecule has 4 heteroatoms. The lowest BCUT2D eigenvalue weighted by Crippen LogP contribution is -2.21. The van der Waals surface area contributed by atoms with E-state index < -0.39 is 0 Å². The SMILES string of the molecule is CC(C)[C@@H](N)c1nc(-c2cccc(Cl)c2)cn1Cc1ccccc1. The van der Waals surface area contributed by atoms with Gasteiger partial charge in [0.05, 0.1) is 11.7 Å². The molecule has 0 amide bonds. The Morgan fingerprint density at radius 1 is 1.08 bits per heavy atom. The number of aromatic nitrogens is 2. The number of hydrogen-bond donors (Lipinski definition) is 1. The van der Waals surface area contributed by atoms with Crippen LogP contribution in [0, 0.1) is 5.92 Å². The van der Waals surface area contributed by atoms with Crippen molar-refractivity contribution in [3.05, 3.63) is 77.2 Å². The Kier molecular flexibility index (Phi) is 5.03. The molecule has 0 aliphatic heterocycles. The fourth-order valence-corrected chi connectivity index (χ4v) is 2.88. The third kappa shape index (κ3) is 3.69. The monoisotopic (exact) mass is 339 g/mol. The van der Waals surface area contributed by atoms with E-state index in [1.807, 2.05) is 42.5 Å². The van der Waals surface area contributed by atoms with Gasteiger partial charge in [0.2, 0.25) is 0 Å². The van der Waals surface area contributed by atoms with Gasteiger partial charge in [0, 0.05) is 23.3 Å². The van der Waals surface area contributed by atoms with Crippen LogP contribution < -0.4 is 5.73 Å². The first kappa shape index (κ1) is 16.7. The van der Waals surface area contributed by atoms with Gasteiger partial charge in [-0.3, -0.25) is 0 Å². The summed E-state index contributed by atoms with van der Waals surface area (Å²) < 4.78 is 2.15. The zero-order chi connectivity index (χ0) is 17.1. The van der Waals surface area contributed by atoms with E-state index >= 15 is 0 Å². The Morgan fingerprint density at radius 2 is 1.83 bits per heavy atom. The van der Waals surface area contributed by atoms with Crippen LogP contribution in [0.4, 0.5) is 0 Å². The van der Waals surface area contributed by atoms with E-state index in [2.05, 4.69) is 36.7 Å². The van der Waals surface area contributed by atoms with Crippen molar-refractivity contribution in [2.75, 3.05) is 0 Å². The first-order chi connectivity index (χ1) is 11.5. The average molecular weight is 340 g/mol. The van der Waals surface area contributed by atoms with Crippen LogP contribution in [0.1, 0.15) is 31.3 Å². The predicted molar refractivity (Wildman–Crippen MR) is 100.0 cm³/mol. The first-order valence-corrected chi connectivity index (χ1v) is 8.55. The summed E-state index contributed by atoms with van der Waals surface area (Å²) in [5.41, 5.74) is 9.54. The molecule has 0 spiro atoms. The maximum absolute atomic E-state index is 6.40. The zero-order valence-corrected chi connectivity index (χ0v) is 14.7. The highest BCUT2D eigenvalue weighted by atomic mass is 35.5. The maximum Gasteiger partial charge on any atom is 0.126 e. The van der Waals surface area contributed by atoms with E-state index in [0.29, 0.717) is 10.9 Å². The molecule has 0 aliphatic rings. The Bertz CT molecular complexity index is 809. The van der Waals surface area contributed by atoms with Gasteiger partial charge >= 0.3 is 0 Å². The summed E-state index contributed by atoms with van der Waals surface area (Å²) in [5.74, 6) is 1.22. The van der Waals surface area contributed by atoms with Crippen molar-refractivity contribution >= 4 is 11.6 Å². The van der Waals surface area contributed by atoms with Crippen molar-refractivity contribution in [2.24, 2.45) is 11.7 Å². The number of imidazole rings is 1. The van der Waals surface area contributed by atoms with Crippen molar-refractivity contribution in [3.63, 3.8) is 0 Å². The van der Waals surface area contributed by atoms with Crippen LogP contribution in [0.3, 0.4) is 0 Å². The van der Waals surface area contributed by atoms with E-state index in [-0.39, 0.29) is 6.04 Å². The molecular weight excluding hydrogens is 318 g/mol. The minimum absolute atomic E-state index is 0.110. The molecule has 24 heavy (non-hydrogen) atoms. The molecule has 3 aromatic rings. The van der Waals surface area contributed by atoms with E-state index in [0.717, 1.165) is 23.6 Å². The average Bonchev–Trinajstić information content (AvgIpc) is 2.99. The maximum atomic E-state index is 6.40. The van der Waals surface area contributed by atoms with Crippen LogP contribution in [0.2, 0.25) is 5.02 Å². The van der Waals surface area contributed by atoms with Crippen LogP contribution in [0.5, 0.6) is 0 Å². The summed E-state index contributed by atoms with van der Waals surface area (Å²) in [6.45, 7) is 4.99. The number of nitrogens with two attached hydrogens (primary N) is 1. The van der Waals surface area contributed by atoms with Crippen molar-refractivity contribution in [3.8, 4) is 11.3 Å². The molecule has 1 heterocycles. The summed E-state index contributed by atoms with van der Waals surface area (Å²) in [4.78, 5) is 4.82. The summed E-state index contributed by atoms with van der Waals surface area (Å²) in [5, 5.41) is 0.708. The van der Waals surface area contributed by atoms with Crippen LogP contribution >= 0.6 is 11.6 Å². The number of rotatable bonds is 5. The molecule has 0 unspecified atom stereocenters. The van der Waals surface area contributed by atoms with E-state index in [4.69, 9.17) is 22.3 Å². The Balaban J connectivity index is 2.02. The third-order valence-corrected chi connectivity index (χ3v) is 4.37. The molecule has 0 saturated carbocycles. The fraction of sp³-hybridized carbons (Fsp3) is 0.250. The van der Waals surface area contributed by atoms with Crippen molar-refractivity contribution in [1.82, 2.24) is 9.55 Å². The second-order valence-electron chi connectivity index (χ2n) is 6.38. The number of halogens is 1. The number of benzene rings is 2. The van der Waals surface area contributed by atoms with Gasteiger partial charge in [-0.1, -0.05) is 67.9 Å². The molecule has 2 N–H and O–H groups in total. The second-order valence-corrected chi connectivity index (χ2v) is 6.81. The Hall–Kier alpha value is -2.10. The van der Waals surface area contributed by atoms with E-state index in [1.54, 1.807) is 0 Å². The van der Waals surface area contributed by atoms with Crippen LogP contribution in [-0.2, 0) is 6.54 Å². The molecule has 3 rings (SSSR count). The van der Waals surface area contributed by atoms with Crippen LogP contribution in [0.15, 0.2) is 60.8 Å². The third-order valence-electron chi connectivity index (χ3n) is 4.14. The van der Waals surface area contributed by atoms with Crippen molar-refractivity contribution in [1.29, 1.82) is 0 Å². The standard InChI is InChI=1S/C20H22ClN3/c1-14(2)19(22)20-23-18(16-9-6-10-17(21)11-16)13-24(20)12-15-7-4-3-5-8-15/h3-11,13-14,19H,12,22H2,1-2H3/t19-/m1/s1. The molecule has 0 fully saturated rings. The highest BCUT2D eigenvalue weighted by Crippen LogP contribution is 2.26. The van der Waals surface area contributed by atoms with Gasteiger partial charge in [-0.2, -0.15) is 0 Å². The summed E-state index contributed by atoms with van der Waals surface area (Å²) in [6.07, 6.45) is 2.07. The van der Waals surface area contributed by atoms with Gasteiger partial charge in [0.1, 0.15) is 5.82 Å². The zero-order valence-electron chi connectivity index (χ0n) is 14.0. The molecule has 0 saturated heterocycles. The van der Waals surface area contributed by atoms with Gasteiger partial charge in [0.15, 0.2) is 0 Å². The Morgan fingerprint density at radius 3 is 2.50 bits per heavy atom. The molecule has 1 aromatic heterocycles. The molecule has 1 atom stereocenters. The van der Waals surface area contributed by atoms with Crippen molar-refractivity contribution < 1.29 is 0 Å². The first-order valence-electron chi connectivity index (χ1n) is 8.17. The number of nitrogens with zero attached hydrogens (tertiary/aromatic N) is 2. The molecule has 0 aliphatic carbocycles. The van der Waals surface area contributed by atoms with Crippen LogP contribution in [0.25, 0.3) is 11.3 Å². The van der Waals surface area contributed by atoms with Gasteiger partial charge in [-0.25, -0.2) is 4.98 Å². The lowest BCUT2D eigenvalue weighted by molar-refractivity contribution is 0.472. The van der Waals surface area contributed by atoms with E-state index in [1.165, 1.54) is 5.56 Å². The highest BCUT2D eigenvalue weighted by Gasteiger charge is 2.19. The van der Waals surface area contributed by atoms with Gasteiger partial charge in [0.25, 0.3) is 0 Å². The molecule has 0 bridgehead atoms. The summed E-state index contributed by atoms with van der Waals surface area (Å²) in [7, 11) is 0. The smallest absolute Gasteiger partial charge is 0.126 e. The van der Waals surface area contributed by atoms with Crippen LogP contribution in [-0.4, -0.2) is 9.55 Å². The predicted octanol–water partition coefficient (Wildman–Crippen LogP) is 4.91. The van der Waals surface area contributed by atoms with Gasteiger partial charge in [-0.15, -0.1) is 0 Å². The highest BCUT2D eigenvalue weighted by molar-refractivity contribution is 6.30. The topological polar surface area (TPSA) is 43.8 Å². The fourth-order valence-electron chi connectivity index (χ4n) is 2.69. The molecule has 3 nitrogen and oxygen atoms in total. The largest absolute Gasteiger partial charge is 0.329 e. The molecule has 2 aromatic carbocycles. The normalized spacial score (nSPS) is 12.5. The van der Waals surface area contributed by atoms with Crippen molar-refractivity contribution in [2.45, 2.75) is 26.4 Å². The lowest BCUT2D eigenvalue weighted by atomic mass is 10.0. The second kappa shape index (κ2) is 7.20. The molecule has 124 valence electrons. The molecule has 0 radical (unpaired) electrons. The number of hydrogen-bond acceptors (Lipinski definition) is 2. The minimum atomic E-state index is -0.110. The van der Waals surface area contributed by atoms with E-state index in [9.17, 15) is 0 Å². The Labute approximate surface area is 148 Å². The van der Waals surface area contributed by atoms with Gasteiger partial charge in [-0.05, 0) is 23.6 Å². The lowest BCUT2D eigenvalue weighted by Gasteiger charge is -2.17. The summed E-state index contributed by atoms with van der Waals surface area (Å²) in [6, 6.07) is 18.0. The van der Waals surface area contributed by atoms with Gasteiger partial charge < -0.3 is 10.3 Å². The quantitative estimate of drug-likeness (QED) is 0.718.